The number of rotatable bonds is 3. The molecule has 0 amide bonds. The van der Waals surface area contributed by atoms with Gasteiger partial charge in [-0.15, -0.1) is 0 Å². The van der Waals surface area contributed by atoms with Gasteiger partial charge in [0.05, 0.1) is 12.3 Å². The molecular formula is C7H6N2O4. The van der Waals surface area contributed by atoms with Crippen LogP contribution in [0.5, 0.6) is 0 Å². The third-order valence-electron chi connectivity index (χ3n) is 1.21. The standard InChI is InChI=1S/C7H6N2O4/c10-8-5-1-2-6-3-4-7(13-6)9(11)12/h1-5,10H/b2-1+,8-5+. The molecule has 0 saturated heterocycles. The van der Waals surface area contributed by atoms with Crippen LogP contribution in [0, 0.1) is 10.1 Å². The maximum atomic E-state index is 10.2. The predicted molar refractivity (Wildman–Crippen MR) is 44.7 cm³/mol. The van der Waals surface area contributed by atoms with E-state index in [1.54, 1.807) is 0 Å². The zero-order valence-electron chi connectivity index (χ0n) is 6.45. The average molecular weight is 182 g/mol. The van der Waals surface area contributed by atoms with Crippen LogP contribution in [0.3, 0.4) is 0 Å². The van der Waals surface area contributed by atoms with Crippen LogP contribution in [0.1, 0.15) is 5.76 Å². The van der Waals surface area contributed by atoms with E-state index in [0.29, 0.717) is 5.76 Å². The predicted octanol–water partition coefficient (Wildman–Crippen LogP) is 1.66. The minimum atomic E-state index is -0.628. The SMILES string of the molecule is O=[N+]([O-])c1ccc(/C=C/C=N/O)o1. The molecule has 1 rings (SSSR count). The third-order valence-corrected chi connectivity index (χ3v) is 1.21. The molecule has 0 spiro atoms. The molecule has 0 fully saturated rings. The number of allylic oxidation sites excluding steroid dienone is 1. The van der Waals surface area contributed by atoms with E-state index in [2.05, 4.69) is 5.16 Å². The molecule has 1 aromatic heterocycles. The summed E-state index contributed by atoms with van der Waals surface area (Å²) < 4.78 is 4.76. The van der Waals surface area contributed by atoms with Gasteiger partial charge in [0.15, 0.2) is 0 Å². The van der Waals surface area contributed by atoms with E-state index in [4.69, 9.17) is 9.62 Å². The van der Waals surface area contributed by atoms with Gasteiger partial charge in [0.2, 0.25) is 0 Å². The Morgan fingerprint density at radius 2 is 2.38 bits per heavy atom. The van der Waals surface area contributed by atoms with E-state index in [0.717, 1.165) is 6.21 Å². The highest BCUT2D eigenvalue weighted by Gasteiger charge is 2.09. The van der Waals surface area contributed by atoms with Crippen LogP contribution in [-0.4, -0.2) is 16.3 Å². The molecule has 1 heterocycles. The second-order valence-electron chi connectivity index (χ2n) is 2.06. The van der Waals surface area contributed by atoms with Gasteiger partial charge in [0, 0.05) is 0 Å². The molecule has 13 heavy (non-hydrogen) atoms. The number of nitro groups is 1. The number of furan rings is 1. The molecule has 0 aliphatic heterocycles. The van der Waals surface area contributed by atoms with Crippen molar-refractivity contribution in [2.24, 2.45) is 5.16 Å². The Kier molecular flexibility index (Phi) is 2.80. The fourth-order valence-corrected chi connectivity index (χ4v) is 0.706. The molecule has 0 aliphatic rings. The summed E-state index contributed by atoms with van der Waals surface area (Å²) >= 11 is 0. The summed E-state index contributed by atoms with van der Waals surface area (Å²) in [6, 6.07) is 2.69. The van der Waals surface area contributed by atoms with Crippen molar-refractivity contribution in [1.82, 2.24) is 0 Å². The summed E-state index contributed by atoms with van der Waals surface area (Å²) in [6.07, 6.45) is 3.95. The number of nitrogens with zero attached hydrogens (tertiary/aromatic N) is 2. The van der Waals surface area contributed by atoms with Crippen LogP contribution in [0.4, 0.5) is 5.88 Å². The Bertz CT molecular complexity index is 353. The van der Waals surface area contributed by atoms with Crippen LogP contribution < -0.4 is 0 Å². The minimum Gasteiger partial charge on any atom is -0.411 e. The zero-order chi connectivity index (χ0) is 9.68. The first-order chi connectivity index (χ1) is 6.24. The van der Waals surface area contributed by atoms with Crippen LogP contribution in [-0.2, 0) is 0 Å². The number of hydrogen-bond donors (Lipinski definition) is 1. The largest absolute Gasteiger partial charge is 0.433 e. The van der Waals surface area contributed by atoms with Gasteiger partial charge in [-0.1, -0.05) is 5.16 Å². The first-order valence-corrected chi connectivity index (χ1v) is 3.32. The van der Waals surface area contributed by atoms with Crippen molar-refractivity contribution >= 4 is 18.2 Å². The summed E-state index contributed by atoms with van der Waals surface area (Å²) in [7, 11) is 0. The first-order valence-electron chi connectivity index (χ1n) is 3.32. The van der Waals surface area contributed by atoms with Crippen molar-refractivity contribution in [3.05, 3.63) is 34.1 Å². The highest BCUT2D eigenvalue weighted by Crippen LogP contribution is 2.16. The summed E-state index contributed by atoms with van der Waals surface area (Å²) in [5, 5.41) is 20.9. The summed E-state index contributed by atoms with van der Waals surface area (Å²) in [5.41, 5.74) is 0. The molecule has 6 nitrogen and oxygen atoms in total. The third kappa shape index (κ3) is 2.44. The fraction of sp³-hybridized carbons (Fsp3) is 0. The number of hydrogen-bond acceptors (Lipinski definition) is 5. The zero-order valence-corrected chi connectivity index (χ0v) is 6.45. The summed E-state index contributed by atoms with van der Waals surface area (Å²) in [6.45, 7) is 0. The van der Waals surface area contributed by atoms with Crippen molar-refractivity contribution in [1.29, 1.82) is 0 Å². The Morgan fingerprint density at radius 3 is 2.92 bits per heavy atom. The molecule has 0 bridgehead atoms. The molecule has 68 valence electrons. The average Bonchev–Trinajstić information content (AvgIpc) is 2.53. The van der Waals surface area contributed by atoms with Crippen molar-refractivity contribution in [3.63, 3.8) is 0 Å². The molecule has 0 radical (unpaired) electrons. The maximum Gasteiger partial charge on any atom is 0.433 e. The van der Waals surface area contributed by atoms with Crippen molar-refractivity contribution < 1.29 is 14.5 Å². The molecule has 0 aliphatic carbocycles. The van der Waals surface area contributed by atoms with E-state index in [9.17, 15) is 10.1 Å². The first kappa shape index (κ1) is 8.98. The van der Waals surface area contributed by atoms with Gasteiger partial charge in [-0.3, -0.25) is 10.1 Å². The van der Waals surface area contributed by atoms with Crippen LogP contribution in [0.25, 0.3) is 6.08 Å². The van der Waals surface area contributed by atoms with Crippen LogP contribution in [0.2, 0.25) is 0 Å². The van der Waals surface area contributed by atoms with Gasteiger partial charge in [-0.25, -0.2) is 0 Å². The van der Waals surface area contributed by atoms with Crippen LogP contribution >= 0.6 is 0 Å². The topological polar surface area (TPSA) is 88.9 Å². The lowest BCUT2D eigenvalue weighted by molar-refractivity contribution is -0.402. The van der Waals surface area contributed by atoms with Gasteiger partial charge >= 0.3 is 5.88 Å². The lowest BCUT2D eigenvalue weighted by atomic mass is 10.4. The van der Waals surface area contributed by atoms with Crippen molar-refractivity contribution in [2.75, 3.05) is 0 Å². The van der Waals surface area contributed by atoms with E-state index in [1.807, 2.05) is 0 Å². The molecule has 0 atom stereocenters. The van der Waals surface area contributed by atoms with E-state index < -0.39 is 4.92 Å². The molecule has 0 aromatic carbocycles. The van der Waals surface area contributed by atoms with E-state index in [1.165, 1.54) is 24.3 Å². The monoisotopic (exact) mass is 182 g/mol. The fourth-order valence-electron chi connectivity index (χ4n) is 0.706. The second-order valence-corrected chi connectivity index (χ2v) is 2.06. The molecule has 1 aromatic rings. The lowest BCUT2D eigenvalue weighted by Crippen LogP contribution is -1.82. The highest BCUT2D eigenvalue weighted by molar-refractivity contribution is 5.76. The molecular weight excluding hydrogens is 176 g/mol. The Labute approximate surface area is 72.9 Å². The summed E-state index contributed by atoms with van der Waals surface area (Å²) in [5.74, 6) is 0.00665. The van der Waals surface area contributed by atoms with Crippen molar-refractivity contribution in [3.8, 4) is 0 Å². The van der Waals surface area contributed by atoms with Crippen LogP contribution in [0.15, 0.2) is 27.8 Å². The Balaban J connectivity index is 2.74. The number of oxime groups is 1. The van der Waals surface area contributed by atoms with Crippen molar-refractivity contribution in [2.45, 2.75) is 0 Å². The maximum absolute atomic E-state index is 10.2. The smallest absolute Gasteiger partial charge is 0.411 e. The lowest BCUT2D eigenvalue weighted by Gasteiger charge is -1.81. The van der Waals surface area contributed by atoms with E-state index in [-0.39, 0.29) is 5.88 Å². The van der Waals surface area contributed by atoms with E-state index >= 15 is 0 Å². The van der Waals surface area contributed by atoms with Gasteiger partial charge in [-0.05, 0) is 18.2 Å². The summed E-state index contributed by atoms with van der Waals surface area (Å²) in [4.78, 5) is 9.54. The second kappa shape index (κ2) is 4.05. The van der Waals surface area contributed by atoms with Gasteiger partial charge in [-0.2, -0.15) is 0 Å². The molecule has 0 unspecified atom stereocenters. The molecule has 6 heteroatoms. The molecule has 0 saturated carbocycles. The highest BCUT2D eigenvalue weighted by atomic mass is 16.6. The van der Waals surface area contributed by atoms with Gasteiger partial charge in [0.1, 0.15) is 10.7 Å². The van der Waals surface area contributed by atoms with Gasteiger partial charge < -0.3 is 9.62 Å². The normalized spacial score (nSPS) is 11.4. The molecule has 1 N–H and O–H groups in total. The van der Waals surface area contributed by atoms with Gasteiger partial charge in [0.25, 0.3) is 0 Å². The Morgan fingerprint density at radius 1 is 1.62 bits per heavy atom. The Hall–Kier alpha value is -2.11. The quantitative estimate of drug-likeness (QED) is 0.333. The minimum absolute atomic E-state index is 0.319.